The Hall–Kier alpha value is -4.18. The van der Waals surface area contributed by atoms with Crippen molar-refractivity contribution in [3.8, 4) is 34.4 Å². The summed E-state index contributed by atoms with van der Waals surface area (Å²) in [6.45, 7) is 2.01. The van der Waals surface area contributed by atoms with Crippen LogP contribution in [-0.4, -0.2) is 40.8 Å². The van der Waals surface area contributed by atoms with Crippen LogP contribution in [0.25, 0.3) is 11.4 Å². The monoisotopic (exact) mass is 491 g/mol. The van der Waals surface area contributed by atoms with Crippen molar-refractivity contribution in [1.29, 1.82) is 0 Å². The number of hydrogen-bond donors (Lipinski definition) is 2. The summed E-state index contributed by atoms with van der Waals surface area (Å²) in [5, 5.41) is 11.6. The highest BCUT2D eigenvalue weighted by Gasteiger charge is 2.16. The standard InChI is InChI=1S/C25H25N5O4S/c1-16-8-11-18(12-9-16)34-20-7-5-4-6-19(20)27-23(31)15-35-25-29-28-24(30(25)26)17-10-13-21(32-2)22(14-17)33-3/h4-14H,15,26H2,1-3H3,(H,27,31). The largest absolute Gasteiger partial charge is 0.493 e. The highest BCUT2D eigenvalue weighted by Crippen LogP contribution is 2.32. The van der Waals surface area contributed by atoms with Crippen LogP contribution in [0.1, 0.15) is 5.56 Å². The van der Waals surface area contributed by atoms with Gasteiger partial charge in [0, 0.05) is 5.56 Å². The predicted octanol–water partition coefficient (Wildman–Crippen LogP) is 4.51. The maximum absolute atomic E-state index is 12.7. The zero-order chi connectivity index (χ0) is 24.8. The number of aromatic nitrogens is 3. The van der Waals surface area contributed by atoms with E-state index in [1.165, 1.54) is 16.4 Å². The number of methoxy groups -OCH3 is 2. The number of anilines is 1. The van der Waals surface area contributed by atoms with Gasteiger partial charge in [-0.2, -0.15) is 0 Å². The van der Waals surface area contributed by atoms with E-state index in [0.29, 0.717) is 45.2 Å². The van der Waals surface area contributed by atoms with Crippen molar-refractivity contribution in [2.24, 2.45) is 0 Å². The van der Waals surface area contributed by atoms with E-state index in [2.05, 4.69) is 15.5 Å². The number of nitrogens with zero attached hydrogens (tertiary/aromatic N) is 3. The minimum absolute atomic E-state index is 0.0835. The molecular weight excluding hydrogens is 466 g/mol. The molecule has 0 aliphatic heterocycles. The SMILES string of the molecule is COc1ccc(-c2nnc(SCC(=O)Nc3ccccc3Oc3ccc(C)cc3)n2N)cc1OC. The lowest BCUT2D eigenvalue weighted by molar-refractivity contribution is -0.113. The van der Waals surface area contributed by atoms with E-state index in [1.54, 1.807) is 44.6 Å². The van der Waals surface area contributed by atoms with Crippen LogP contribution >= 0.6 is 11.8 Å². The van der Waals surface area contributed by atoms with Gasteiger partial charge in [0.05, 0.1) is 25.7 Å². The molecule has 0 atom stereocenters. The molecule has 10 heteroatoms. The number of aryl methyl sites for hydroxylation is 1. The zero-order valence-electron chi connectivity index (χ0n) is 19.5. The van der Waals surface area contributed by atoms with E-state index in [1.807, 2.05) is 43.3 Å². The highest BCUT2D eigenvalue weighted by atomic mass is 32.2. The van der Waals surface area contributed by atoms with Crippen molar-refractivity contribution >= 4 is 23.4 Å². The number of amides is 1. The summed E-state index contributed by atoms with van der Waals surface area (Å²) in [6, 6.07) is 20.3. The third kappa shape index (κ3) is 5.67. The molecule has 1 aromatic heterocycles. The molecule has 0 aliphatic rings. The lowest BCUT2D eigenvalue weighted by Gasteiger charge is -2.12. The van der Waals surface area contributed by atoms with Crippen LogP contribution in [0, 0.1) is 6.92 Å². The first kappa shape index (κ1) is 24.0. The van der Waals surface area contributed by atoms with Crippen LogP contribution in [0.5, 0.6) is 23.0 Å². The molecule has 1 amide bonds. The Morgan fingerprint density at radius 2 is 1.71 bits per heavy atom. The van der Waals surface area contributed by atoms with E-state index < -0.39 is 0 Å². The average molecular weight is 492 g/mol. The third-order valence-corrected chi connectivity index (χ3v) is 5.99. The third-order valence-electron chi connectivity index (χ3n) is 5.05. The van der Waals surface area contributed by atoms with Crippen LogP contribution in [-0.2, 0) is 4.79 Å². The number of hydrogen-bond acceptors (Lipinski definition) is 8. The van der Waals surface area contributed by atoms with Crippen LogP contribution in [0.2, 0.25) is 0 Å². The number of nitrogens with one attached hydrogen (secondary N) is 1. The number of thioether (sulfide) groups is 1. The Morgan fingerprint density at radius 3 is 2.46 bits per heavy atom. The van der Waals surface area contributed by atoms with Crippen molar-refractivity contribution in [3.63, 3.8) is 0 Å². The van der Waals surface area contributed by atoms with Gasteiger partial charge in [0.2, 0.25) is 11.1 Å². The second-order valence-corrected chi connectivity index (χ2v) is 8.44. The Balaban J connectivity index is 1.41. The second kappa shape index (κ2) is 10.8. The summed E-state index contributed by atoms with van der Waals surface area (Å²) >= 11 is 1.17. The number of rotatable bonds is 9. The summed E-state index contributed by atoms with van der Waals surface area (Å²) in [6.07, 6.45) is 0. The molecule has 0 saturated carbocycles. The Bertz CT molecular complexity index is 1320. The molecule has 0 aliphatic carbocycles. The number of nitrogen functional groups attached to an aromatic ring is 1. The number of ether oxygens (including phenoxy) is 3. The van der Waals surface area contributed by atoms with Crippen molar-refractivity contribution in [2.45, 2.75) is 12.1 Å². The molecule has 3 N–H and O–H groups in total. The normalized spacial score (nSPS) is 10.6. The number of para-hydroxylation sites is 2. The molecule has 0 spiro atoms. The quantitative estimate of drug-likeness (QED) is 0.260. The fourth-order valence-corrected chi connectivity index (χ4v) is 3.91. The first-order chi connectivity index (χ1) is 17.0. The van der Waals surface area contributed by atoms with Gasteiger partial charge in [-0.25, -0.2) is 4.68 Å². The summed E-state index contributed by atoms with van der Waals surface area (Å²) < 4.78 is 17.9. The summed E-state index contributed by atoms with van der Waals surface area (Å²) in [7, 11) is 3.12. The van der Waals surface area contributed by atoms with E-state index >= 15 is 0 Å². The minimum atomic E-state index is -0.231. The number of carbonyl (C=O) groups is 1. The fraction of sp³-hybridized carbons (Fsp3) is 0.160. The molecule has 9 nitrogen and oxygen atoms in total. The second-order valence-electron chi connectivity index (χ2n) is 7.49. The van der Waals surface area contributed by atoms with E-state index in [9.17, 15) is 4.79 Å². The number of benzene rings is 3. The molecule has 0 saturated heterocycles. The average Bonchev–Trinajstić information content (AvgIpc) is 3.25. The van der Waals surface area contributed by atoms with Crippen LogP contribution in [0.4, 0.5) is 5.69 Å². The summed E-state index contributed by atoms with van der Waals surface area (Å²) in [5.74, 6) is 8.87. The lowest BCUT2D eigenvalue weighted by Crippen LogP contribution is -2.16. The van der Waals surface area contributed by atoms with Gasteiger partial charge in [-0.05, 0) is 49.4 Å². The maximum atomic E-state index is 12.7. The van der Waals surface area contributed by atoms with Crippen molar-refractivity contribution < 1.29 is 19.0 Å². The molecule has 180 valence electrons. The molecule has 0 radical (unpaired) electrons. The van der Waals surface area contributed by atoms with Gasteiger partial charge >= 0.3 is 0 Å². The van der Waals surface area contributed by atoms with E-state index in [4.69, 9.17) is 20.1 Å². The van der Waals surface area contributed by atoms with Crippen LogP contribution in [0.15, 0.2) is 71.9 Å². The molecule has 35 heavy (non-hydrogen) atoms. The molecule has 4 rings (SSSR count). The van der Waals surface area contributed by atoms with Crippen LogP contribution < -0.4 is 25.4 Å². The molecule has 0 bridgehead atoms. The zero-order valence-corrected chi connectivity index (χ0v) is 20.3. The smallest absolute Gasteiger partial charge is 0.234 e. The van der Waals surface area contributed by atoms with Crippen molar-refractivity contribution in [2.75, 3.05) is 31.1 Å². The molecule has 1 heterocycles. The molecule has 4 aromatic rings. The van der Waals surface area contributed by atoms with Gasteiger partial charge in [0.25, 0.3) is 0 Å². The van der Waals surface area contributed by atoms with Gasteiger partial charge in [0.15, 0.2) is 23.1 Å². The highest BCUT2D eigenvalue weighted by molar-refractivity contribution is 7.99. The van der Waals surface area contributed by atoms with E-state index in [0.717, 1.165) is 5.56 Å². The first-order valence-electron chi connectivity index (χ1n) is 10.7. The Kier molecular flexibility index (Phi) is 7.41. The first-order valence-corrected chi connectivity index (χ1v) is 11.7. The van der Waals surface area contributed by atoms with Crippen molar-refractivity contribution in [1.82, 2.24) is 14.9 Å². The number of nitrogens with two attached hydrogens (primary N) is 1. The minimum Gasteiger partial charge on any atom is -0.493 e. The van der Waals surface area contributed by atoms with Gasteiger partial charge < -0.3 is 25.4 Å². The molecular formula is C25H25N5O4S. The van der Waals surface area contributed by atoms with Gasteiger partial charge in [-0.3, -0.25) is 4.79 Å². The Morgan fingerprint density at radius 1 is 0.971 bits per heavy atom. The summed E-state index contributed by atoms with van der Waals surface area (Å²) in [5.41, 5.74) is 2.41. The van der Waals surface area contributed by atoms with E-state index in [-0.39, 0.29) is 11.7 Å². The van der Waals surface area contributed by atoms with Crippen LogP contribution in [0.3, 0.4) is 0 Å². The molecule has 0 unspecified atom stereocenters. The van der Waals surface area contributed by atoms with Gasteiger partial charge in [-0.1, -0.05) is 41.6 Å². The molecule has 3 aromatic carbocycles. The lowest BCUT2D eigenvalue weighted by atomic mass is 10.2. The summed E-state index contributed by atoms with van der Waals surface area (Å²) in [4.78, 5) is 12.7. The topological polar surface area (TPSA) is 114 Å². The van der Waals surface area contributed by atoms with Gasteiger partial charge in [-0.15, -0.1) is 10.2 Å². The molecule has 0 fully saturated rings. The maximum Gasteiger partial charge on any atom is 0.234 e. The van der Waals surface area contributed by atoms with Crippen molar-refractivity contribution in [3.05, 3.63) is 72.3 Å². The predicted molar refractivity (Wildman–Crippen MR) is 136 cm³/mol. The number of carbonyl (C=O) groups excluding carboxylic acids is 1. The fourth-order valence-electron chi connectivity index (χ4n) is 3.26. The van der Waals surface area contributed by atoms with Gasteiger partial charge in [0.1, 0.15) is 5.75 Å². The Labute approximate surface area is 207 Å².